The van der Waals surface area contributed by atoms with Crippen LogP contribution < -0.4 is 5.32 Å². The molecule has 0 aliphatic rings. The van der Waals surface area contributed by atoms with E-state index in [0.717, 1.165) is 15.4 Å². The Hall–Kier alpha value is -2.18. The van der Waals surface area contributed by atoms with Gasteiger partial charge in [-0.2, -0.15) is 0 Å². The Labute approximate surface area is 137 Å². The molecule has 2 rings (SSSR count). The van der Waals surface area contributed by atoms with Crippen LogP contribution in [0.4, 0.5) is 5.69 Å². The summed E-state index contributed by atoms with van der Waals surface area (Å²) in [7, 11) is -0.551. The van der Waals surface area contributed by atoms with Crippen molar-refractivity contribution >= 4 is 21.6 Å². The van der Waals surface area contributed by atoms with Crippen LogP contribution in [0.3, 0.4) is 0 Å². The van der Waals surface area contributed by atoms with Gasteiger partial charge < -0.3 is 5.32 Å². The highest BCUT2D eigenvalue weighted by Crippen LogP contribution is 2.17. The summed E-state index contributed by atoms with van der Waals surface area (Å²) in [6.07, 6.45) is 0. The van der Waals surface area contributed by atoms with E-state index in [9.17, 15) is 13.2 Å². The normalized spacial score (nSPS) is 11.5. The first-order valence-corrected chi connectivity index (χ1v) is 8.57. The molecule has 0 spiro atoms. The molecule has 0 atom stereocenters. The molecule has 0 saturated carbocycles. The lowest BCUT2D eigenvalue weighted by Crippen LogP contribution is -2.22. The zero-order chi connectivity index (χ0) is 17.2. The van der Waals surface area contributed by atoms with Crippen LogP contribution in [0.1, 0.15) is 21.5 Å². The minimum absolute atomic E-state index is 0.158. The Balaban J connectivity index is 2.19. The Morgan fingerprint density at radius 2 is 1.57 bits per heavy atom. The Kier molecular flexibility index (Phi) is 4.87. The summed E-state index contributed by atoms with van der Waals surface area (Å²) < 4.78 is 25.1. The fourth-order valence-electron chi connectivity index (χ4n) is 2.01. The number of aryl methyl sites for hydroxylation is 2. The lowest BCUT2D eigenvalue weighted by molar-refractivity contribution is 0.102. The Bertz CT molecular complexity index is 825. The van der Waals surface area contributed by atoms with Crippen LogP contribution in [0.25, 0.3) is 0 Å². The van der Waals surface area contributed by atoms with Crippen LogP contribution in [-0.4, -0.2) is 32.7 Å². The number of rotatable bonds is 4. The monoisotopic (exact) mass is 332 g/mol. The summed E-state index contributed by atoms with van der Waals surface area (Å²) in [6.45, 7) is 3.98. The fourth-order valence-corrected chi connectivity index (χ4v) is 2.91. The first-order valence-electron chi connectivity index (χ1n) is 7.13. The van der Waals surface area contributed by atoms with E-state index in [1.54, 1.807) is 0 Å². The Morgan fingerprint density at radius 3 is 2.09 bits per heavy atom. The van der Waals surface area contributed by atoms with Crippen LogP contribution in [0.15, 0.2) is 47.4 Å². The highest BCUT2D eigenvalue weighted by molar-refractivity contribution is 7.89. The van der Waals surface area contributed by atoms with E-state index >= 15 is 0 Å². The molecule has 5 nitrogen and oxygen atoms in total. The smallest absolute Gasteiger partial charge is 0.255 e. The zero-order valence-electron chi connectivity index (χ0n) is 13.6. The summed E-state index contributed by atoms with van der Waals surface area (Å²) in [6, 6.07) is 11.6. The minimum atomic E-state index is -3.49. The van der Waals surface area contributed by atoms with E-state index < -0.39 is 10.0 Å². The van der Waals surface area contributed by atoms with Crippen molar-refractivity contribution in [2.24, 2.45) is 0 Å². The van der Waals surface area contributed by atoms with Gasteiger partial charge in [0.15, 0.2) is 0 Å². The molecule has 0 aliphatic carbocycles. The van der Waals surface area contributed by atoms with E-state index in [2.05, 4.69) is 5.32 Å². The molecule has 2 aromatic carbocycles. The van der Waals surface area contributed by atoms with E-state index in [1.807, 2.05) is 32.0 Å². The van der Waals surface area contributed by atoms with Crippen molar-refractivity contribution in [3.63, 3.8) is 0 Å². The topological polar surface area (TPSA) is 66.5 Å². The number of benzene rings is 2. The average Bonchev–Trinajstić information content (AvgIpc) is 2.51. The number of amides is 1. The van der Waals surface area contributed by atoms with Crippen molar-refractivity contribution in [1.82, 2.24) is 4.31 Å². The molecule has 23 heavy (non-hydrogen) atoms. The van der Waals surface area contributed by atoms with Crippen LogP contribution in [0, 0.1) is 13.8 Å². The highest BCUT2D eigenvalue weighted by atomic mass is 32.2. The third-order valence-electron chi connectivity index (χ3n) is 3.66. The standard InChI is InChI=1S/C17H20N2O3S/c1-12-5-8-15(11-13(12)2)18-17(20)14-6-9-16(10-7-14)23(21,22)19(3)4/h5-11H,1-4H3,(H,18,20). The molecule has 0 saturated heterocycles. The van der Waals surface area contributed by atoms with Gasteiger partial charge in [-0.15, -0.1) is 0 Å². The molecule has 0 radical (unpaired) electrons. The van der Waals surface area contributed by atoms with Gasteiger partial charge in [0, 0.05) is 25.3 Å². The van der Waals surface area contributed by atoms with E-state index in [4.69, 9.17) is 0 Å². The number of anilines is 1. The molecule has 0 heterocycles. The summed E-state index contributed by atoms with van der Waals surface area (Å²) in [5, 5.41) is 2.81. The van der Waals surface area contributed by atoms with Gasteiger partial charge in [-0.1, -0.05) is 6.07 Å². The average molecular weight is 332 g/mol. The molecule has 1 N–H and O–H groups in total. The predicted octanol–water partition coefficient (Wildman–Crippen LogP) is 2.81. The second kappa shape index (κ2) is 6.52. The van der Waals surface area contributed by atoms with E-state index in [0.29, 0.717) is 11.3 Å². The summed E-state index contributed by atoms with van der Waals surface area (Å²) >= 11 is 0. The summed E-state index contributed by atoms with van der Waals surface area (Å²) in [5.74, 6) is -0.276. The molecule has 122 valence electrons. The highest BCUT2D eigenvalue weighted by Gasteiger charge is 2.17. The van der Waals surface area contributed by atoms with Gasteiger partial charge >= 0.3 is 0 Å². The summed E-state index contributed by atoms with van der Waals surface area (Å²) in [4.78, 5) is 12.4. The van der Waals surface area contributed by atoms with Crippen molar-refractivity contribution in [2.45, 2.75) is 18.7 Å². The number of nitrogens with zero attached hydrogens (tertiary/aromatic N) is 1. The third kappa shape index (κ3) is 3.78. The number of hydrogen-bond acceptors (Lipinski definition) is 3. The minimum Gasteiger partial charge on any atom is -0.322 e. The lowest BCUT2D eigenvalue weighted by Gasteiger charge is -2.12. The van der Waals surface area contributed by atoms with Crippen molar-refractivity contribution in [1.29, 1.82) is 0 Å². The van der Waals surface area contributed by atoms with Crippen LogP contribution in [0.5, 0.6) is 0 Å². The molecular formula is C17H20N2O3S. The second-order valence-corrected chi connectivity index (χ2v) is 7.72. The largest absolute Gasteiger partial charge is 0.322 e. The van der Waals surface area contributed by atoms with E-state index in [1.165, 1.54) is 38.4 Å². The lowest BCUT2D eigenvalue weighted by atomic mass is 10.1. The number of nitrogens with one attached hydrogen (secondary N) is 1. The third-order valence-corrected chi connectivity index (χ3v) is 5.49. The maximum atomic E-state index is 12.2. The second-order valence-electron chi connectivity index (χ2n) is 5.56. The van der Waals surface area contributed by atoms with Crippen LogP contribution in [-0.2, 0) is 10.0 Å². The molecule has 0 unspecified atom stereocenters. The quantitative estimate of drug-likeness (QED) is 0.936. The van der Waals surface area contributed by atoms with Crippen molar-refractivity contribution < 1.29 is 13.2 Å². The molecule has 0 aromatic heterocycles. The molecule has 0 aliphatic heterocycles. The predicted molar refractivity (Wildman–Crippen MR) is 91.2 cm³/mol. The van der Waals surface area contributed by atoms with Crippen molar-refractivity contribution in [3.05, 3.63) is 59.2 Å². The number of carbonyl (C=O) groups is 1. The number of carbonyl (C=O) groups excluding carboxylic acids is 1. The van der Waals surface area contributed by atoms with Crippen LogP contribution >= 0.6 is 0 Å². The van der Waals surface area contributed by atoms with Crippen molar-refractivity contribution in [2.75, 3.05) is 19.4 Å². The first kappa shape index (κ1) is 17.2. The maximum absolute atomic E-state index is 12.2. The van der Waals surface area contributed by atoms with Gasteiger partial charge in [-0.3, -0.25) is 4.79 Å². The fraction of sp³-hybridized carbons (Fsp3) is 0.235. The van der Waals surface area contributed by atoms with Gasteiger partial charge in [0.05, 0.1) is 4.90 Å². The summed E-state index contributed by atoms with van der Waals surface area (Å²) in [5.41, 5.74) is 3.36. The van der Waals surface area contributed by atoms with Gasteiger partial charge in [0.25, 0.3) is 5.91 Å². The van der Waals surface area contributed by atoms with Gasteiger partial charge in [-0.25, -0.2) is 12.7 Å². The number of hydrogen-bond donors (Lipinski definition) is 1. The SMILES string of the molecule is Cc1ccc(NC(=O)c2ccc(S(=O)(=O)N(C)C)cc2)cc1C. The molecule has 2 aromatic rings. The first-order chi connectivity index (χ1) is 10.7. The van der Waals surface area contributed by atoms with E-state index in [-0.39, 0.29) is 10.8 Å². The Morgan fingerprint density at radius 1 is 0.957 bits per heavy atom. The maximum Gasteiger partial charge on any atom is 0.255 e. The number of sulfonamides is 1. The molecular weight excluding hydrogens is 312 g/mol. The van der Waals surface area contributed by atoms with Gasteiger partial charge in [0.1, 0.15) is 0 Å². The van der Waals surface area contributed by atoms with Crippen LogP contribution in [0.2, 0.25) is 0 Å². The molecule has 1 amide bonds. The molecule has 0 bridgehead atoms. The molecule has 0 fully saturated rings. The van der Waals surface area contributed by atoms with Gasteiger partial charge in [0.2, 0.25) is 10.0 Å². The van der Waals surface area contributed by atoms with Gasteiger partial charge in [-0.05, 0) is 61.4 Å². The van der Waals surface area contributed by atoms with Crippen molar-refractivity contribution in [3.8, 4) is 0 Å². The molecule has 6 heteroatoms. The zero-order valence-corrected chi connectivity index (χ0v) is 14.4.